The maximum atomic E-state index is 4.21. The number of nitrogens with zero attached hydrogens (tertiary/aromatic N) is 1. The molecule has 0 bridgehead atoms. The zero-order chi connectivity index (χ0) is 12.2. The third-order valence-electron chi connectivity index (χ3n) is 3.36. The summed E-state index contributed by atoms with van der Waals surface area (Å²) >= 11 is 0. The third-order valence-corrected chi connectivity index (χ3v) is 3.36. The van der Waals surface area contributed by atoms with Crippen LogP contribution in [0.4, 0.5) is 0 Å². The Labute approximate surface area is 99.5 Å². The zero-order valence-electron chi connectivity index (χ0n) is 11.0. The van der Waals surface area contributed by atoms with Crippen LogP contribution >= 0.6 is 0 Å². The first-order chi connectivity index (χ1) is 7.53. The second-order valence-corrected chi connectivity index (χ2v) is 5.15. The summed E-state index contributed by atoms with van der Waals surface area (Å²) in [7, 11) is 1.99. The molecular formula is C14H24N2. The van der Waals surface area contributed by atoms with Gasteiger partial charge in [0.15, 0.2) is 0 Å². The van der Waals surface area contributed by atoms with Gasteiger partial charge in [-0.25, -0.2) is 0 Å². The van der Waals surface area contributed by atoms with Crippen molar-refractivity contribution < 1.29 is 0 Å². The standard InChI is InChI=1S/C14H24N2/c1-11(2)7-6-8-12-9-10-14(3,16-5)13(12)15-4/h6,8,11,16H,4,7,9-10H2,1-3,5H3/b8-6-. The van der Waals surface area contributed by atoms with Crippen LogP contribution in [0.25, 0.3) is 0 Å². The molecule has 0 spiro atoms. The maximum Gasteiger partial charge on any atom is 0.0626 e. The fourth-order valence-electron chi connectivity index (χ4n) is 2.14. The van der Waals surface area contributed by atoms with E-state index >= 15 is 0 Å². The van der Waals surface area contributed by atoms with Crippen LogP contribution in [0.15, 0.2) is 28.4 Å². The highest BCUT2D eigenvalue weighted by Crippen LogP contribution is 2.36. The first-order valence-electron chi connectivity index (χ1n) is 6.09. The van der Waals surface area contributed by atoms with Gasteiger partial charge in [-0.05, 0) is 51.4 Å². The topological polar surface area (TPSA) is 24.4 Å². The molecular weight excluding hydrogens is 196 g/mol. The van der Waals surface area contributed by atoms with Crippen LogP contribution in [0.3, 0.4) is 0 Å². The second kappa shape index (κ2) is 5.44. The Morgan fingerprint density at radius 3 is 2.75 bits per heavy atom. The predicted molar refractivity (Wildman–Crippen MR) is 71.9 cm³/mol. The minimum atomic E-state index is 0.0131. The Hall–Kier alpha value is -0.890. The molecule has 0 aromatic heterocycles. The third kappa shape index (κ3) is 2.82. The van der Waals surface area contributed by atoms with Gasteiger partial charge in [0.05, 0.1) is 11.2 Å². The summed E-state index contributed by atoms with van der Waals surface area (Å²) in [5.41, 5.74) is 2.47. The van der Waals surface area contributed by atoms with E-state index in [1.807, 2.05) is 7.05 Å². The number of nitrogens with one attached hydrogen (secondary N) is 1. The van der Waals surface area contributed by atoms with Crippen LogP contribution in [0.2, 0.25) is 0 Å². The summed E-state index contributed by atoms with van der Waals surface area (Å²) in [6.45, 7) is 10.4. The maximum absolute atomic E-state index is 4.21. The van der Waals surface area contributed by atoms with Gasteiger partial charge in [-0.15, -0.1) is 0 Å². The highest BCUT2D eigenvalue weighted by molar-refractivity contribution is 5.42. The lowest BCUT2D eigenvalue weighted by Crippen LogP contribution is -2.38. The van der Waals surface area contributed by atoms with Gasteiger partial charge < -0.3 is 5.32 Å². The van der Waals surface area contributed by atoms with Gasteiger partial charge in [0.1, 0.15) is 0 Å². The zero-order valence-corrected chi connectivity index (χ0v) is 11.0. The second-order valence-electron chi connectivity index (χ2n) is 5.15. The minimum absolute atomic E-state index is 0.0131. The highest BCUT2D eigenvalue weighted by Gasteiger charge is 2.33. The van der Waals surface area contributed by atoms with Crippen molar-refractivity contribution in [2.24, 2.45) is 10.9 Å². The summed E-state index contributed by atoms with van der Waals surface area (Å²) in [6, 6.07) is 0. The molecule has 0 heterocycles. The molecule has 1 rings (SSSR count). The number of aliphatic imine (C=N–C) groups is 1. The average molecular weight is 220 g/mol. The fraction of sp³-hybridized carbons (Fsp3) is 0.643. The lowest BCUT2D eigenvalue weighted by molar-refractivity contribution is 0.445. The van der Waals surface area contributed by atoms with Crippen molar-refractivity contribution >= 4 is 6.72 Å². The number of hydrogen-bond acceptors (Lipinski definition) is 2. The van der Waals surface area contributed by atoms with Crippen LogP contribution in [-0.2, 0) is 0 Å². The molecule has 0 aromatic rings. The number of rotatable bonds is 5. The molecule has 1 aliphatic rings. The normalized spacial score (nSPS) is 26.1. The molecule has 0 saturated carbocycles. The van der Waals surface area contributed by atoms with E-state index in [1.165, 1.54) is 5.57 Å². The van der Waals surface area contributed by atoms with E-state index in [2.05, 4.69) is 49.9 Å². The van der Waals surface area contributed by atoms with Crippen LogP contribution in [-0.4, -0.2) is 19.3 Å². The molecule has 0 saturated heterocycles. The van der Waals surface area contributed by atoms with Crippen molar-refractivity contribution in [1.82, 2.24) is 5.32 Å². The number of hydrogen-bond donors (Lipinski definition) is 1. The Kier molecular flexibility index (Phi) is 4.48. The molecule has 2 heteroatoms. The van der Waals surface area contributed by atoms with Gasteiger partial charge in [0, 0.05) is 0 Å². The van der Waals surface area contributed by atoms with Gasteiger partial charge in [0.25, 0.3) is 0 Å². The molecule has 1 N–H and O–H groups in total. The van der Waals surface area contributed by atoms with Crippen molar-refractivity contribution in [2.75, 3.05) is 7.05 Å². The van der Waals surface area contributed by atoms with Crippen LogP contribution in [0.5, 0.6) is 0 Å². The molecule has 0 fully saturated rings. The lowest BCUT2D eigenvalue weighted by atomic mass is 9.99. The van der Waals surface area contributed by atoms with Crippen molar-refractivity contribution in [2.45, 2.75) is 45.6 Å². The summed E-state index contributed by atoms with van der Waals surface area (Å²) in [5, 5.41) is 3.34. The van der Waals surface area contributed by atoms with Crippen molar-refractivity contribution in [3.63, 3.8) is 0 Å². The molecule has 1 aliphatic carbocycles. The van der Waals surface area contributed by atoms with E-state index in [4.69, 9.17) is 0 Å². The van der Waals surface area contributed by atoms with E-state index in [9.17, 15) is 0 Å². The van der Waals surface area contributed by atoms with Crippen LogP contribution in [0, 0.1) is 5.92 Å². The molecule has 1 atom stereocenters. The van der Waals surface area contributed by atoms with E-state index < -0.39 is 0 Å². The number of likely N-dealkylation sites (N-methyl/N-ethyl adjacent to an activating group) is 1. The van der Waals surface area contributed by atoms with Crippen molar-refractivity contribution in [3.8, 4) is 0 Å². The minimum Gasteiger partial charge on any atom is -0.309 e. The smallest absolute Gasteiger partial charge is 0.0626 e. The molecule has 2 nitrogen and oxygen atoms in total. The van der Waals surface area contributed by atoms with Gasteiger partial charge >= 0.3 is 0 Å². The molecule has 0 aromatic carbocycles. The van der Waals surface area contributed by atoms with Crippen molar-refractivity contribution in [1.29, 1.82) is 0 Å². The Morgan fingerprint density at radius 2 is 2.25 bits per heavy atom. The molecule has 0 aliphatic heterocycles. The van der Waals surface area contributed by atoms with E-state index in [0.29, 0.717) is 5.92 Å². The predicted octanol–water partition coefficient (Wildman–Crippen LogP) is 3.32. The summed E-state index contributed by atoms with van der Waals surface area (Å²) in [5.74, 6) is 0.717. The van der Waals surface area contributed by atoms with E-state index in [1.54, 1.807) is 0 Å². The summed E-state index contributed by atoms with van der Waals surface area (Å²) in [4.78, 5) is 4.21. The molecule has 16 heavy (non-hydrogen) atoms. The average Bonchev–Trinajstić information content (AvgIpc) is 2.56. The monoisotopic (exact) mass is 220 g/mol. The van der Waals surface area contributed by atoms with Gasteiger partial charge in [0.2, 0.25) is 0 Å². The quantitative estimate of drug-likeness (QED) is 0.706. The van der Waals surface area contributed by atoms with Crippen LogP contribution in [0.1, 0.15) is 40.0 Å². The van der Waals surface area contributed by atoms with Gasteiger partial charge in [-0.1, -0.05) is 26.0 Å². The summed E-state index contributed by atoms with van der Waals surface area (Å²) in [6.07, 6.45) is 7.82. The fourth-order valence-corrected chi connectivity index (χ4v) is 2.14. The molecule has 1 unspecified atom stereocenters. The van der Waals surface area contributed by atoms with Crippen LogP contribution < -0.4 is 5.32 Å². The highest BCUT2D eigenvalue weighted by atomic mass is 15.0. The Morgan fingerprint density at radius 1 is 1.56 bits per heavy atom. The molecule has 90 valence electrons. The van der Waals surface area contributed by atoms with Gasteiger partial charge in [-0.2, -0.15) is 0 Å². The first kappa shape index (κ1) is 13.2. The molecule has 0 amide bonds. The van der Waals surface area contributed by atoms with E-state index in [-0.39, 0.29) is 5.54 Å². The van der Waals surface area contributed by atoms with E-state index in [0.717, 1.165) is 25.0 Å². The van der Waals surface area contributed by atoms with Gasteiger partial charge in [-0.3, -0.25) is 4.99 Å². The molecule has 0 radical (unpaired) electrons. The Balaban J connectivity index is 2.82. The SMILES string of the molecule is C=NC1=C(/C=C\CC(C)C)CCC1(C)NC. The summed E-state index contributed by atoms with van der Waals surface area (Å²) < 4.78 is 0. The first-order valence-corrected chi connectivity index (χ1v) is 6.09. The van der Waals surface area contributed by atoms with Crippen molar-refractivity contribution in [3.05, 3.63) is 23.4 Å². The number of allylic oxidation sites excluding steroid dienone is 3. The Bertz CT molecular complexity index is 313. The lowest BCUT2D eigenvalue weighted by Gasteiger charge is -2.24. The largest absolute Gasteiger partial charge is 0.309 e.